The van der Waals surface area contributed by atoms with Gasteiger partial charge in [0, 0.05) is 0 Å². The molecule has 0 saturated heterocycles. The second kappa shape index (κ2) is 5.54. The molecule has 0 bridgehead atoms. The van der Waals surface area contributed by atoms with E-state index in [9.17, 15) is 5.11 Å². The van der Waals surface area contributed by atoms with Crippen LogP contribution in [0.15, 0.2) is 18.2 Å². The molecule has 1 aromatic carbocycles. The van der Waals surface area contributed by atoms with Gasteiger partial charge in [0.05, 0.1) is 12.7 Å². The zero-order valence-corrected chi connectivity index (χ0v) is 10.8. The zero-order chi connectivity index (χ0) is 12.3. The van der Waals surface area contributed by atoms with E-state index < -0.39 is 0 Å². The summed E-state index contributed by atoms with van der Waals surface area (Å²) < 4.78 is 5.82. The lowest BCUT2D eigenvalue weighted by atomic mass is 10.0. The molecule has 0 radical (unpaired) electrons. The van der Waals surface area contributed by atoms with Crippen LogP contribution in [0.4, 0.5) is 0 Å². The highest BCUT2D eigenvalue weighted by molar-refractivity contribution is 5.35. The molecule has 0 spiro atoms. The average molecular weight is 234 g/mol. The van der Waals surface area contributed by atoms with Gasteiger partial charge in [0.1, 0.15) is 5.75 Å². The SMILES string of the molecule is Cc1ccc(C)c(OCCC2CCCC2O)c1. The molecule has 1 aromatic rings. The topological polar surface area (TPSA) is 29.5 Å². The molecule has 1 fully saturated rings. The van der Waals surface area contributed by atoms with Gasteiger partial charge >= 0.3 is 0 Å². The molecule has 1 aliphatic carbocycles. The van der Waals surface area contributed by atoms with Crippen molar-refractivity contribution in [3.8, 4) is 5.75 Å². The third-order valence-corrected chi connectivity index (χ3v) is 3.71. The first-order valence-electron chi connectivity index (χ1n) is 6.55. The van der Waals surface area contributed by atoms with Crippen molar-refractivity contribution in [2.45, 2.75) is 45.6 Å². The normalized spacial score (nSPS) is 23.9. The Hall–Kier alpha value is -1.02. The lowest BCUT2D eigenvalue weighted by Gasteiger charge is -2.15. The Morgan fingerprint density at radius 2 is 2.12 bits per heavy atom. The maximum absolute atomic E-state index is 9.73. The van der Waals surface area contributed by atoms with Gasteiger partial charge in [-0.1, -0.05) is 18.6 Å². The van der Waals surface area contributed by atoms with Crippen LogP contribution in [0.2, 0.25) is 0 Å². The summed E-state index contributed by atoms with van der Waals surface area (Å²) in [4.78, 5) is 0. The average Bonchev–Trinajstić information content (AvgIpc) is 2.70. The molecule has 2 unspecified atom stereocenters. The zero-order valence-electron chi connectivity index (χ0n) is 10.8. The van der Waals surface area contributed by atoms with Crippen molar-refractivity contribution in [1.29, 1.82) is 0 Å². The van der Waals surface area contributed by atoms with E-state index in [4.69, 9.17) is 4.74 Å². The van der Waals surface area contributed by atoms with E-state index in [-0.39, 0.29) is 6.10 Å². The number of aliphatic hydroxyl groups is 1. The Morgan fingerprint density at radius 1 is 1.29 bits per heavy atom. The quantitative estimate of drug-likeness (QED) is 0.866. The second-order valence-corrected chi connectivity index (χ2v) is 5.16. The van der Waals surface area contributed by atoms with Crippen molar-refractivity contribution in [2.24, 2.45) is 5.92 Å². The fraction of sp³-hybridized carbons (Fsp3) is 0.600. The van der Waals surface area contributed by atoms with Crippen LogP contribution in [0.1, 0.15) is 36.8 Å². The van der Waals surface area contributed by atoms with Gasteiger partial charge in [-0.15, -0.1) is 0 Å². The number of aliphatic hydroxyl groups excluding tert-OH is 1. The predicted octanol–water partition coefficient (Wildman–Crippen LogP) is 3.23. The molecule has 1 aliphatic rings. The van der Waals surface area contributed by atoms with Crippen LogP contribution < -0.4 is 4.74 Å². The standard InChI is InChI=1S/C15H22O2/c1-11-6-7-12(2)15(10-11)17-9-8-13-4-3-5-14(13)16/h6-7,10,13-14,16H,3-5,8-9H2,1-2H3. The largest absolute Gasteiger partial charge is 0.493 e. The minimum atomic E-state index is -0.0998. The smallest absolute Gasteiger partial charge is 0.122 e. The molecule has 94 valence electrons. The summed E-state index contributed by atoms with van der Waals surface area (Å²) in [5.74, 6) is 1.43. The summed E-state index contributed by atoms with van der Waals surface area (Å²) in [7, 11) is 0. The van der Waals surface area contributed by atoms with Crippen LogP contribution in [0.3, 0.4) is 0 Å². The summed E-state index contributed by atoms with van der Waals surface area (Å²) in [5.41, 5.74) is 2.41. The summed E-state index contributed by atoms with van der Waals surface area (Å²) in [6.45, 7) is 4.86. The van der Waals surface area contributed by atoms with E-state index in [0.29, 0.717) is 12.5 Å². The van der Waals surface area contributed by atoms with E-state index in [1.54, 1.807) is 0 Å². The van der Waals surface area contributed by atoms with Gasteiger partial charge in [0.25, 0.3) is 0 Å². The third-order valence-electron chi connectivity index (χ3n) is 3.71. The second-order valence-electron chi connectivity index (χ2n) is 5.16. The summed E-state index contributed by atoms with van der Waals surface area (Å²) in [6.07, 6.45) is 4.15. The Labute approximate surface area is 104 Å². The number of aryl methyl sites for hydroxylation is 2. The van der Waals surface area contributed by atoms with Crippen molar-refractivity contribution in [2.75, 3.05) is 6.61 Å². The van der Waals surface area contributed by atoms with Gasteiger partial charge < -0.3 is 9.84 Å². The molecule has 1 saturated carbocycles. The minimum Gasteiger partial charge on any atom is -0.493 e. The maximum atomic E-state index is 9.73. The first kappa shape index (κ1) is 12.4. The fourth-order valence-electron chi connectivity index (χ4n) is 2.54. The molecular weight excluding hydrogens is 212 g/mol. The van der Waals surface area contributed by atoms with E-state index in [1.165, 1.54) is 11.1 Å². The molecule has 1 N–H and O–H groups in total. The molecule has 2 nitrogen and oxygen atoms in total. The lowest BCUT2D eigenvalue weighted by molar-refractivity contribution is 0.116. The molecule has 17 heavy (non-hydrogen) atoms. The third kappa shape index (κ3) is 3.22. The maximum Gasteiger partial charge on any atom is 0.122 e. The van der Waals surface area contributed by atoms with E-state index in [1.807, 2.05) is 0 Å². The van der Waals surface area contributed by atoms with Crippen molar-refractivity contribution in [1.82, 2.24) is 0 Å². The number of hydrogen-bond acceptors (Lipinski definition) is 2. The van der Waals surface area contributed by atoms with Crippen LogP contribution in [-0.2, 0) is 0 Å². The van der Waals surface area contributed by atoms with Crippen LogP contribution in [0.25, 0.3) is 0 Å². The van der Waals surface area contributed by atoms with E-state index in [2.05, 4.69) is 32.0 Å². The first-order valence-corrected chi connectivity index (χ1v) is 6.55. The van der Waals surface area contributed by atoms with Crippen LogP contribution in [-0.4, -0.2) is 17.8 Å². The monoisotopic (exact) mass is 234 g/mol. The molecule has 0 aliphatic heterocycles. The van der Waals surface area contributed by atoms with E-state index >= 15 is 0 Å². The Kier molecular flexibility index (Phi) is 4.06. The fourth-order valence-corrected chi connectivity index (χ4v) is 2.54. The predicted molar refractivity (Wildman–Crippen MR) is 69.4 cm³/mol. The Bertz CT molecular complexity index is 373. The summed E-state index contributed by atoms with van der Waals surface area (Å²) >= 11 is 0. The minimum absolute atomic E-state index is 0.0998. The number of benzene rings is 1. The van der Waals surface area contributed by atoms with Crippen molar-refractivity contribution < 1.29 is 9.84 Å². The molecule has 2 atom stereocenters. The van der Waals surface area contributed by atoms with Gasteiger partial charge in [-0.25, -0.2) is 0 Å². The molecule has 2 rings (SSSR count). The van der Waals surface area contributed by atoms with Crippen LogP contribution in [0, 0.1) is 19.8 Å². The van der Waals surface area contributed by atoms with Gasteiger partial charge in [-0.3, -0.25) is 0 Å². The Morgan fingerprint density at radius 3 is 2.82 bits per heavy atom. The Balaban J connectivity index is 1.83. The first-order chi connectivity index (χ1) is 8.16. The van der Waals surface area contributed by atoms with Gasteiger partial charge in [-0.05, 0) is 56.2 Å². The van der Waals surface area contributed by atoms with E-state index in [0.717, 1.165) is 31.4 Å². The highest BCUT2D eigenvalue weighted by Gasteiger charge is 2.24. The van der Waals surface area contributed by atoms with Crippen LogP contribution >= 0.6 is 0 Å². The van der Waals surface area contributed by atoms with Crippen molar-refractivity contribution >= 4 is 0 Å². The van der Waals surface area contributed by atoms with Crippen LogP contribution in [0.5, 0.6) is 5.75 Å². The number of hydrogen-bond donors (Lipinski definition) is 1. The molecule has 2 heteroatoms. The number of ether oxygens (including phenoxy) is 1. The van der Waals surface area contributed by atoms with Crippen molar-refractivity contribution in [3.05, 3.63) is 29.3 Å². The number of rotatable bonds is 4. The highest BCUT2D eigenvalue weighted by Crippen LogP contribution is 2.28. The molecule has 0 heterocycles. The van der Waals surface area contributed by atoms with Gasteiger partial charge in [0.2, 0.25) is 0 Å². The lowest BCUT2D eigenvalue weighted by Crippen LogP contribution is -2.16. The molecular formula is C15H22O2. The molecule has 0 aromatic heterocycles. The molecule has 0 amide bonds. The van der Waals surface area contributed by atoms with Gasteiger partial charge in [-0.2, -0.15) is 0 Å². The summed E-state index contributed by atoms with van der Waals surface area (Å²) in [6, 6.07) is 6.28. The van der Waals surface area contributed by atoms with Gasteiger partial charge in [0.15, 0.2) is 0 Å². The highest BCUT2D eigenvalue weighted by atomic mass is 16.5. The van der Waals surface area contributed by atoms with Crippen molar-refractivity contribution in [3.63, 3.8) is 0 Å². The summed E-state index contributed by atoms with van der Waals surface area (Å²) in [5, 5.41) is 9.73.